The second kappa shape index (κ2) is 9.55. The molecule has 2 aromatic carbocycles. The number of benzene rings is 2. The maximum Gasteiger partial charge on any atom is 0.211 e. The van der Waals surface area contributed by atoms with Gasteiger partial charge in [0.25, 0.3) is 0 Å². The van der Waals surface area contributed by atoms with Gasteiger partial charge >= 0.3 is 0 Å². The van der Waals surface area contributed by atoms with Crippen LogP contribution in [0.25, 0.3) is 6.08 Å². The highest BCUT2D eigenvalue weighted by Gasteiger charge is 2.30. The number of aromatic hydroxyl groups is 1. The molecule has 0 fully saturated rings. The van der Waals surface area contributed by atoms with Gasteiger partial charge in [-0.3, -0.25) is 4.79 Å². The van der Waals surface area contributed by atoms with E-state index in [0.29, 0.717) is 6.61 Å². The summed E-state index contributed by atoms with van der Waals surface area (Å²) in [6.45, 7) is 2.48. The zero-order valence-electron chi connectivity index (χ0n) is 16.6. The van der Waals surface area contributed by atoms with Crippen LogP contribution in [0.3, 0.4) is 0 Å². The highest BCUT2D eigenvalue weighted by atomic mass is 16.5. The van der Waals surface area contributed by atoms with Gasteiger partial charge in [0.1, 0.15) is 11.3 Å². The number of phenolic OH excluding ortho intramolecular Hbond substituents is 1. The van der Waals surface area contributed by atoms with Crippen molar-refractivity contribution in [1.82, 2.24) is 0 Å². The van der Waals surface area contributed by atoms with Crippen LogP contribution in [0.2, 0.25) is 0 Å². The molecule has 0 bridgehead atoms. The minimum atomic E-state index is -0.484. The van der Waals surface area contributed by atoms with Crippen LogP contribution in [0.4, 0.5) is 0 Å². The van der Waals surface area contributed by atoms with Gasteiger partial charge in [-0.2, -0.15) is 0 Å². The van der Waals surface area contributed by atoms with Crippen LogP contribution in [-0.2, 0) is 0 Å². The van der Waals surface area contributed by atoms with Crippen LogP contribution >= 0.6 is 0 Å². The molecule has 2 rings (SSSR count). The predicted molar refractivity (Wildman–Crippen MR) is 105 cm³/mol. The summed E-state index contributed by atoms with van der Waals surface area (Å²) >= 11 is 0. The Labute approximate surface area is 164 Å². The minimum Gasteiger partial charge on any atom is -0.504 e. The molecule has 0 aliphatic heterocycles. The smallest absolute Gasteiger partial charge is 0.211 e. The molecule has 28 heavy (non-hydrogen) atoms. The first-order valence-corrected chi connectivity index (χ1v) is 8.56. The summed E-state index contributed by atoms with van der Waals surface area (Å²) in [7, 11) is 5.52. The number of hydrogen-bond acceptors (Lipinski definition) is 7. The van der Waals surface area contributed by atoms with E-state index in [0.717, 1.165) is 11.3 Å². The number of rotatable bonds is 9. The highest BCUT2D eigenvalue weighted by Crippen LogP contribution is 2.53. The van der Waals surface area contributed by atoms with Gasteiger partial charge < -0.3 is 28.8 Å². The van der Waals surface area contributed by atoms with Gasteiger partial charge in [0.05, 0.1) is 35.0 Å². The second-order valence-corrected chi connectivity index (χ2v) is 5.56. The molecule has 7 nitrogen and oxygen atoms in total. The molecule has 0 amide bonds. The molecule has 150 valence electrons. The maximum absolute atomic E-state index is 12.8. The van der Waals surface area contributed by atoms with E-state index in [1.54, 1.807) is 6.08 Å². The summed E-state index contributed by atoms with van der Waals surface area (Å²) in [4.78, 5) is 12.8. The molecule has 0 unspecified atom stereocenters. The fraction of sp³-hybridized carbons (Fsp3) is 0.286. The predicted octanol–water partition coefficient (Wildman–Crippen LogP) is 3.72. The molecule has 7 heteroatoms. The summed E-state index contributed by atoms with van der Waals surface area (Å²) in [6.07, 6.45) is 2.96. The van der Waals surface area contributed by atoms with E-state index in [9.17, 15) is 9.90 Å². The lowest BCUT2D eigenvalue weighted by molar-refractivity contribution is 0.104. The normalized spacial score (nSPS) is 10.6. The summed E-state index contributed by atoms with van der Waals surface area (Å²) in [5, 5.41) is 10.6. The van der Waals surface area contributed by atoms with Crippen LogP contribution in [0, 0.1) is 0 Å². The average molecular weight is 388 g/mol. The van der Waals surface area contributed by atoms with E-state index >= 15 is 0 Å². The summed E-state index contributed by atoms with van der Waals surface area (Å²) in [5.74, 6) is 0.191. The molecular weight excluding hydrogens is 364 g/mol. The number of ether oxygens (including phenoxy) is 5. The van der Waals surface area contributed by atoms with Gasteiger partial charge in [0, 0.05) is 0 Å². The lowest BCUT2D eigenvalue weighted by Crippen LogP contribution is -2.05. The Morgan fingerprint density at radius 1 is 0.893 bits per heavy atom. The van der Waals surface area contributed by atoms with Crippen LogP contribution in [-0.4, -0.2) is 45.9 Å². The molecule has 0 heterocycles. The van der Waals surface area contributed by atoms with Gasteiger partial charge in [0.15, 0.2) is 17.3 Å². The van der Waals surface area contributed by atoms with E-state index < -0.39 is 11.5 Å². The lowest BCUT2D eigenvalue weighted by Gasteiger charge is -2.19. The Bertz CT molecular complexity index is 854. The van der Waals surface area contributed by atoms with Crippen molar-refractivity contribution in [3.63, 3.8) is 0 Å². The van der Waals surface area contributed by atoms with Crippen molar-refractivity contribution >= 4 is 11.9 Å². The molecular formula is C21H24O7. The van der Waals surface area contributed by atoms with E-state index in [-0.39, 0.29) is 28.6 Å². The average Bonchev–Trinajstić information content (AvgIpc) is 2.71. The molecule has 0 aromatic heterocycles. The standard InChI is InChI=1S/C21H24O7/c1-6-28-14-10-7-13(8-11-14)9-12-15(22)16-17(23)19(25-3)21(27-5)20(26-4)18(16)24-2/h7-12,23H,6H2,1-5H3. The molecule has 0 radical (unpaired) electrons. The molecule has 0 aliphatic carbocycles. The first kappa shape index (κ1) is 21.0. The number of hydrogen-bond donors (Lipinski definition) is 1. The number of carbonyl (C=O) groups excluding carboxylic acids is 1. The van der Waals surface area contributed by atoms with Crippen molar-refractivity contribution < 1.29 is 33.6 Å². The van der Waals surface area contributed by atoms with Crippen molar-refractivity contribution in [1.29, 1.82) is 0 Å². The third kappa shape index (κ3) is 4.14. The quantitative estimate of drug-likeness (QED) is 0.518. The first-order chi connectivity index (χ1) is 13.5. The summed E-state index contributed by atoms with van der Waals surface area (Å²) < 4.78 is 26.5. The Morgan fingerprint density at radius 2 is 1.43 bits per heavy atom. The molecule has 1 N–H and O–H groups in total. The lowest BCUT2D eigenvalue weighted by atomic mass is 10.0. The van der Waals surface area contributed by atoms with Crippen molar-refractivity contribution in [2.24, 2.45) is 0 Å². The van der Waals surface area contributed by atoms with Crippen molar-refractivity contribution in [3.05, 3.63) is 41.5 Å². The van der Waals surface area contributed by atoms with Crippen molar-refractivity contribution in [3.8, 4) is 34.5 Å². The third-order valence-corrected chi connectivity index (χ3v) is 3.98. The Balaban J connectivity index is 2.46. The molecule has 0 saturated carbocycles. The summed E-state index contributed by atoms with van der Waals surface area (Å²) in [5.41, 5.74) is 0.710. The minimum absolute atomic E-state index is 0.0158. The van der Waals surface area contributed by atoms with Crippen LogP contribution < -0.4 is 23.7 Å². The van der Waals surface area contributed by atoms with E-state index in [2.05, 4.69) is 0 Å². The molecule has 0 spiro atoms. The number of ketones is 1. The highest BCUT2D eigenvalue weighted by molar-refractivity contribution is 6.12. The zero-order chi connectivity index (χ0) is 20.7. The Kier molecular flexibility index (Phi) is 7.14. The van der Waals surface area contributed by atoms with Gasteiger partial charge in [-0.1, -0.05) is 18.2 Å². The van der Waals surface area contributed by atoms with Crippen LogP contribution in [0.5, 0.6) is 34.5 Å². The van der Waals surface area contributed by atoms with Gasteiger partial charge in [0.2, 0.25) is 17.2 Å². The monoisotopic (exact) mass is 388 g/mol. The third-order valence-electron chi connectivity index (χ3n) is 3.98. The molecule has 0 saturated heterocycles. The van der Waals surface area contributed by atoms with Gasteiger partial charge in [-0.05, 0) is 30.7 Å². The largest absolute Gasteiger partial charge is 0.504 e. The number of carbonyl (C=O) groups is 1. The van der Waals surface area contributed by atoms with E-state index in [1.807, 2.05) is 31.2 Å². The Hall–Kier alpha value is -3.35. The first-order valence-electron chi connectivity index (χ1n) is 8.56. The van der Waals surface area contributed by atoms with Crippen LogP contribution in [0.15, 0.2) is 30.3 Å². The molecule has 0 atom stereocenters. The van der Waals surface area contributed by atoms with Crippen LogP contribution in [0.1, 0.15) is 22.8 Å². The zero-order valence-corrected chi connectivity index (χ0v) is 16.6. The topological polar surface area (TPSA) is 83.5 Å². The number of allylic oxidation sites excluding steroid dienone is 1. The van der Waals surface area contributed by atoms with E-state index in [4.69, 9.17) is 23.7 Å². The number of phenols is 1. The van der Waals surface area contributed by atoms with Gasteiger partial charge in [-0.25, -0.2) is 0 Å². The fourth-order valence-electron chi connectivity index (χ4n) is 2.73. The molecule has 0 aliphatic rings. The van der Waals surface area contributed by atoms with Gasteiger partial charge in [-0.15, -0.1) is 0 Å². The second-order valence-electron chi connectivity index (χ2n) is 5.56. The summed E-state index contributed by atoms with van der Waals surface area (Å²) in [6, 6.07) is 7.26. The van der Waals surface area contributed by atoms with E-state index in [1.165, 1.54) is 34.5 Å². The SMILES string of the molecule is CCOc1ccc(C=CC(=O)c2c(O)c(OC)c(OC)c(OC)c2OC)cc1. The Morgan fingerprint density at radius 3 is 1.93 bits per heavy atom. The fourth-order valence-corrected chi connectivity index (χ4v) is 2.73. The van der Waals surface area contributed by atoms with Crippen molar-refractivity contribution in [2.45, 2.75) is 6.92 Å². The van der Waals surface area contributed by atoms with Crippen molar-refractivity contribution in [2.75, 3.05) is 35.0 Å². The maximum atomic E-state index is 12.8. The number of methoxy groups -OCH3 is 4. The molecule has 2 aromatic rings.